The van der Waals surface area contributed by atoms with Crippen molar-refractivity contribution in [2.75, 3.05) is 24.3 Å². The van der Waals surface area contributed by atoms with Gasteiger partial charge >= 0.3 is 0 Å². The zero-order valence-corrected chi connectivity index (χ0v) is 9.78. The van der Waals surface area contributed by atoms with Crippen molar-refractivity contribution in [2.24, 2.45) is 0 Å². The van der Waals surface area contributed by atoms with E-state index in [1.54, 1.807) is 6.07 Å². The highest BCUT2D eigenvalue weighted by Gasteiger charge is 2.05. The highest BCUT2D eigenvalue weighted by atomic mass is 16.2. The summed E-state index contributed by atoms with van der Waals surface area (Å²) in [5, 5.41) is 2.68. The summed E-state index contributed by atoms with van der Waals surface area (Å²) in [5.41, 5.74) is 1.71. The number of nitrogens with one attached hydrogen (secondary N) is 1. The van der Waals surface area contributed by atoms with Crippen LogP contribution in [0.25, 0.3) is 0 Å². The van der Waals surface area contributed by atoms with Gasteiger partial charge in [0.25, 0.3) is 0 Å². The molecule has 1 rings (SSSR count). The summed E-state index contributed by atoms with van der Waals surface area (Å²) in [5.74, 6) is -0.412. The minimum absolute atomic E-state index is 0.0772. The zero-order chi connectivity index (χ0) is 12.1. The lowest BCUT2D eigenvalue weighted by Crippen LogP contribution is -2.15. The molecule has 0 saturated heterocycles. The number of hydrogen-bond donors (Lipinski definition) is 1. The van der Waals surface area contributed by atoms with Gasteiger partial charge in [0.15, 0.2) is 0 Å². The molecule has 0 bridgehead atoms. The third-order valence-electron chi connectivity index (χ3n) is 2.06. The maximum absolute atomic E-state index is 11.4. The number of ketones is 1. The van der Waals surface area contributed by atoms with Gasteiger partial charge in [-0.05, 0) is 25.1 Å². The maximum Gasteiger partial charge on any atom is 0.231 e. The van der Waals surface area contributed by atoms with Gasteiger partial charge in [-0.3, -0.25) is 9.59 Å². The molecule has 16 heavy (non-hydrogen) atoms. The molecule has 1 N–H and O–H groups in total. The highest BCUT2D eigenvalue weighted by Crippen LogP contribution is 2.17. The summed E-state index contributed by atoms with van der Waals surface area (Å²) in [7, 11) is 3.85. The molecule has 0 spiro atoms. The van der Waals surface area contributed by atoms with E-state index in [1.165, 1.54) is 6.92 Å². The summed E-state index contributed by atoms with van der Waals surface area (Å²) in [4.78, 5) is 24.1. The second kappa shape index (κ2) is 5.30. The van der Waals surface area contributed by atoms with Crippen molar-refractivity contribution in [3.05, 3.63) is 24.3 Å². The average molecular weight is 220 g/mol. The maximum atomic E-state index is 11.4. The van der Waals surface area contributed by atoms with E-state index in [0.717, 1.165) is 5.69 Å². The molecule has 0 fully saturated rings. The lowest BCUT2D eigenvalue weighted by atomic mass is 10.2. The molecule has 1 aromatic carbocycles. The van der Waals surface area contributed by atoms with Crippen LogP contribution < -0.4 is 10.2 Å². The van der Waals surface area contributed by atoms with Crippen LogP contribution in [-0.4, -0.2) is 25.8 Å². The molecule has 0 saturated carbocycles. The van der Waals surface area contributed by atoms with E-state index < -0.39 is 0 Å². The number of carbonyl (C=O) groups excluding carboxylic acids is 2. The Morgan fingerprint density at radius 3 is 2.56 bits per heavy atom. The van der Waals surface area contributed by atoms with Crippen LogP contribution in [0.15, 0.2) is 24.3 Å². The van der Waals surface area contributed by atoms with Crippen LogP contribution >= 0.6 is 0 Å². The highest BCUT2D eigenvalue weighted by molar-refractivity contribution is 6.03. The summed E-state index contributed by atoms with van der Waals surface area (Å²) >= 11 is 0. The van der Waals surface area contributed by atoms with Gasteiger partial charge in [0.2, 0.25) is 5.91 Å². The van der Waals surface area contributed by atoms with Gasteiger partial charge < -0.3 is 10.2 Å². The Morgan fingerprint density at radius 2 is 2.00 bits per heavy atom. The van der Waals surface area contributed by atoms with E-state index in [9.17, 15) is 9.59 Å². The Labute approximate surface area is 95.3 Å². The molecule has 0 atom stereocenters. The van der Waals surface area contributed by atoms with Gasteiger partial charge in [-0.1, -0.05) is 6.07 Å². The van der Waals surface area contributed by atoms with Crippen LogP contribution in [0, 0.1) is 0 Å². The fourth-order valence-electron chi connectivity index (χ4n) is 1.29. The smallest absolute Gasteiger partial charge is 0.231 e. The van der Waals surface area contributed by atoms with E-state index in [4.69, 9.17) is 0 Å². The van der Waals surface area contributed by atoms with Crippen molar-refractivity contribution >= 4 is 23.1 Å². The Kier molecular flexibility index (Phi) is 4.05. The van der Waals surface area contributed by atoms with Crippen molar-refractivity contribution in [3.8, 4) is 0 Å². The van der Waals surface area contributed by atoms with Crippen LogP contribution in [0.3, 0.4) is 0 Å². The molecule has 86 valence electrons. The monoisotopic (exact) mass is 220 g/mol. The van der Waals surface area contributed by atoms with Gasteiger partial charge in [0.1, 0.15) is 5.78 Å². The van der Waals surface area contributed by atoms with Crippen molar-refractivity contribution in [1.82, 2.24) is 0 Å². The number of Topliss-reactive ketones (excluding diaryl/α,β-unsaturated/α-hetero) is 1. The van der Waals surface area contributed by atoms with Gasteiger partial charge in [-0.15, -0.1) is 0 Å². The number of carbonyl (C=O) groups is 2. The molecule has 0 unspecified atom stereocenters. The normalized spacial score (nSPS) is 9.69. The number of benzene rings is 1. The van der Waals surface area contributed by atoms with Crippen LogP contribution in [0.2, 0.25) is 0 Å². The first kappa shape index (κ1) is 12.2. The van der Waals surface area contributed by atoms with E-state index >= 15 is 0 Å². The molecule has 0 heterocycles. The molecule has 0 aliphatic rings. The Balaban J connectivity index is 2.70. The number of amides is 1. The molecule has 0 aromatic heterocycles. The predicted molar refractivity (Wildman–Crippen MR) is 64.7 cm³/mol. The molecule has 0 aliphatic carbocycles. The number of rotatable bonds is 4. The Morgan fingerprint density at radius 1 is 1.31 bits per heavy atom. The third-order valence-corrected chi connectivity index (χ3v) is 2.06. The lowest BCUT2D eigenvalue weighted by Gasteiger charge is -2.13. The SMILES string of the molecule is CC(=O)CC(=O)Nc1cccc(N(C)C)c1. The van der Waals surface area contributed by atoms with Crippen molar-refractivity contribution < 1.29 is 9.59 Å². The molecule has 4 heteroatoms. The molecule has 4 nitrogen and oxygen atoms in total. The van der Waals surface area contributed by atoms with E-state index in [1.807, 2.05) is 37.2 Å². The predicted octanol–water partition coefficient (Wildman–Crippen LogP) is 1.67. The third kappa shape index (κ3) is 3.73. The van der Waals surface area contributed by atoms with Crippen molar-refractivity contribution in [3.63, 3.8) is 0 Å². The van der Waals surface area contributed by atoms with Gasteiger partial charge in [0, 0.05) is 25.5 Å². The van der Waals surface area contributed by atoms with Crippen molar-refractivity contribution in [2.45, 2.75) is 13.3 Å². The Hall–Kier alpha value is -1.84. The summed E-state index contributed by atoms with van der Waals surface area (Å²) in [6.45, 7) is 1.40. The summed E-state index contributed by atoms with van der Waals surface area (Å²) < 4.78 is 0. The van der Waals surface area contributed by atoms with E-state index in [0.29, 0.717) is 5.69 Å². The first-order chi connectivity index (χ1) is 7.49. The number of hydrogen-bond acceptors (Lipinski definition) is 3. The van der Waals surface area contributed by atoms with E-state index in [-0.39, 0.29) is 18.1 Å². The van der Waals surface area contributed by atoms with Gasteiger partial charge in [-0.2, -0.15) is 0 Å². The fourth-order valence-corrected chi connectivity index (χ4v) is 1.29. The Bertz CT molecular complexity index is 400. The van der Waals surface area contributed by atoms with Gasteiger partial charge in [-0.25, -0.2) is 0 Å². The second-order valence-electron chi connectivity index (χ2n) is 3.87. The number of anilines is 2. The number of nitrogens with zero attached hydrogens (tertiary/aromatic N) is 1. The zero-order valence-electron chi connectivity index (χ0n) is 9.78. The molecule has 0 radical (unpaired) electrons. The molecular weight excluding hydrogens is 204 g/mol. The van der Waals surface area contributed by atoms with Crippen molar-refractivity contribution in [1.29, 1.82) is 0 Å². The topological polar surface area (TPSA) is 49.4 Å². The second-order valence-corrected chi connectivity index (χ2v) is 3.87. The first-order valence-electron chi connectivity index (χ1n) is 5.05. The molecular formula is C12H16N2O2. The van der Waals surface area contributed by atoms with E-state index in [2.05, 4.69) is 5.32 Å². The quantitative estimate of drug-likeness (QED) is 0.785. The van der Waals surface area contributed by atoms with Crippen LogP contribution in [0.4, 0.5) is 11.4 Å². The fraction of sp³-hybridized carbons (Fsp3) is 0.333. The molecule has 1 aromatic rings. The largest absolute Gasteiger partial charge is 0.378 e. The van der Waals surface area contributed by atoms with Crippen LogP contribution in [0.1, 0.15) is 13.3 Å². The first-order valence-corrected chi connectivity index (χ1v) is 5.05. The van der Waals surface area contributed by atoms with Gasteiger partial charge in [0.05, 0.1) is 6.42 Å². The lowest BCUT2D eigenvalue weighted by molar-refractivity contribution is -0.124. The summed E-state index contributed by atoms with van der Waals surface area (Å²) in [6, 6.07) is 7.46. The molecule has 1 amide bonds. The average Bonchev–Trinajstić information content (AvgIpc) is 2.16. The van der Waals surface area contributed by atoms with Crippen LogP contribution in [-0.2, 0) is 9.59 Å². The molecule has 0 aliphatic heterocycles. The standard InChI is InChI=1S/C12H16N2O2/c1-9(15)7-12(16)13-10-5-4-6-11(8-10)14(2)3/h4-6,8H,7H2,1-3H3,(H,13,16). The summed E-state index contributed by atoms with van der Waals surface area (Å²) in [6.07, 6.45) is -0.0772. The minimum atomic E-state index is -0.275. The van der Waals surface area contributed by atoms with Crippen LogP contribution in [0.5, 0.6) is 0 Å². The minimum Gasteiger partial charge on any atom is -0.378 e.